The highest BCUT2D eigenvalue weighted by Gasteiger charge is 2.15. The van der Waals surface area contributed by atoms with Crippen LogP contribution in [0.4, 0.5) is 0 Å². The average molecular weight is 341 g/mol. The van der Waals surface area contributed by atoms with Crippen molar-refractivity contribution in [2.75, 3.05) is 19.6 Å². The molecular formula is C18H29ClN2O2. The molecule has 1 aromatic rings. The van der Waals surface area contributed by atoms with Crippen LogP contribution in [0.3, 0.4) is 0 Å². The van der Waals surface area contributed by atoms with Gasteiger partial charge in [-0.1, -0.05) is 24.6 Å². The van der Waals surface area contributed by atoms with Crippen LogP contribution in [0.15, 0.2) is 24.3 Å². The van der Waals surface area contributed by atoms with E-state index in [1.807, 2.05) is 36.9 Å². The molecule has 0 saturated carbocycles. The number of halogens is 1. The summed E-state index contributed by atoms with van der Waals surface area (Å²) in [5, 5.41) is 3.43. The molecule has 1 fully saturated rings. The number of benzene rings is 1. The van der Waals surface area contributed by atoms with Crippen LogP contribution < -0.4 is 10.1 Å². The first-order valence-electron chi connectivity index (χ1n) is 8.40. The molecule has 1 aliphatic rings. The highest BCUT2D eigenvalue weighted by Crippen LogP contribution is 2.19. The second kappa shape index (κ2) is 10.5. The number of nitrogens with zero attached hydrogens (tertiary/aromatic N) is 1. The molecule has 1 N–H and O–H groups in total. The van der Waals surface area contributed by atoms with Crippen LogP contribution >= 0.6 is 12.4 Å². The molecule has 1 amide bonds. The Balaban J connectivity index is 0.00000264. The van der Waals surface area contributed by atoms with Crippen molar-refractivity contribution in [2.24, 2.45) is 0 Å². The van der Waals surface area contributed by atoms with Gasteiger partial charge in [-0.2, -0.15) is 0 Å². The first kappa shape index (κ1) is 19.8. The number of nitrogens with one attached hydrogen (secondary N) is 1. The summed E-state index contributed by atoms with van der Waals surface area (Å²) in [6.07, 6.45) is 4.25. The van der Waals surface area contributed by atoms with Gasteiger partial charge in [0.15, 0.2) is 0 Å². The van der Waals surface area contributed by atoms with Crippen molar-refractivity contribution < 1.29 is 9.53 Å². The fourth-order valence-corrected chi connectivity index (χ4v) is 2.73. The van der Waals surface area contributed by atoms with Gasteiger partial charge in [0.05, 0.1) is 6.10 Å². The summed E-state index contributed by atoms with van der Waals surface area (Å²) < 4.78 is 5.82. The number of hydrogen-bond donors (Lipinski definition) is 1. The molecule has 23 heavy (non-hydrogen) atoms. The molecule has 0 unspecified atom stereocenters. The first-order chi connectivity index (χ1) is 10.7. The monoisotopic (exact) mass is 340 g/mol. The summed E-state index contributed by atoms with van der Waals surface area (Å²) in [6, 6.07) is 8.12. The second-order valence-electron chi connectivity index (χ2n) is 6.14. The summed E-state index contributed by atoms with van der Waals surface area (Å²) in [5.41, 5.74) is 1.17. The Morgan fingerprint density at radius 2 is 2.00 bits per heavy atom. The smallest absolute Gasteiger partial charge is 0.222 e. The van der Waals surface area contributed by atoms with Crippen molar-refractivity contribution >= 4 is 18.3 Å². The lowest BCUT2D eigenvalue weighted by Gasteiger charge is -2.21. The molecule has 5 heteroatoms. The summed E-state index contributed by atoms with van der Waals surface area (Å²) in [7, 11) is 0. The van der Waals surface area contributed by atoms with E-state index in [9.17, 15) is 4.79 Å². The van der Waals surface area contributed by atoms with Crippen LogP contribution in [0.2, 0.25) is 0 Å². The van der Waals surface area contributed by atoms with Crippen molar-refractivity contribution in [3.05, 3.63) is 29.8 Å². The van der Waals surface area contributed by atoms with Gasteiger partial charge in [-0.05, 0) is 32.8 Å². The van der Waals surface area contributed by atoms with Gasteiger partial charge < -0.3 is 15.0 Å². The molecule has 0 aromatic heterocycles. The van der Waals surface area contributed by atoms with Crippen LogP contribution in [-0.2, 0) is 11.3 Å². The van der Waals surface area contributed by atoms with Crippen LogP contribution in [-0.4, -0.2) is 36.5 Å². The Bertz CT molecular complexity index is 480. The lowest BCUT2D eigenvalue weighted by Crippen LogP contribution is -2.36. The number of likely N-dealkylation sites (tertiary alicyclic amines) is 1. The molecule has 1 aromatic carbocycles. The van der Waals surface area contributed by atoms with E-state index >= 15 is 0 Å². The Morgan fingerprint density at radius 1 is 1.22 bits per heavy atom. The van der Waals surface area contributed by atoms with E-state index in [1.54, 1.807) is 0 Å². The molecule has 0 atom stereocenters. The van der Waals surface area contributed by atoms with E-state index in [2.05, 4.69) is 11.4 Å². The Labute approximate surface area is 146 Å². The Hall–Kier alpha value is -1.26. The number of amides is 1. The van der Waals surface area contributed by atoms with Crippen molar-refractivity contribution in [3.63, 3.8) is 0 Å². The topological polar surface area (TPSA) is 41.6 Å². The molecule has 2 rings (SSSR count). The van der Waals surface area contributed by atoms with Gasteiger partial charge in [0.1, 0.15) is 5.75 Å². The van der Waals surface area contributed by atoms with E-state index in [4.69, 9.17) is 4.74 Å². The van der Waals surface area contributed by atoms with Gasteiger partial charge in [-0.15, -0.1) is 12.4 Å². The van der Waals surface area contributed by atoms with E-state index in [0.29, 0.717) is 12.3 Å². The van der Waals surface area contributed by atoms with Gasteiger partial charge in [0, 0.05) is 38.2 Å². The fourth-order valence-electron chi connectivity index (χ4n) is 2.73. The molecule has 0 aliphatic carbocycles. The van der Waals surface area contributed by atoms with Crippen LogP contribution in [0.5, 0.6) is 5.75 Å². The molecule has 130 valence electrons. The zero-order valence-electron chi connectivity index (χ0n) is 14.2. The lowest BCUT2D eigenvalue weighted by molar-refractivity contribution is -0.130. The van der Waals surface area contributed by atoms with Crippen LogP contribution in [0.25, 0.3) is 0 Å². The van der Waals surface area contributed by atoms with Crippen molar-refractivity contribution in [1.29, 1.82) is 0 Å². The quantitative estimate of drug-likeness (QED) is 0.773. The Morgan fingerprint density at radius 3 is 2.78 bits per heavy atom. The zero-order valence-corrected chi connectivity index (χ0v) is 15.0. The summed E-state index contributed by atoms with van der Waals surface area (Å²) in [4.78, 5) is 13.9. The number of para-hydroxylation sites is 1. The maximum Gasteiger partial charge on any atom is 0.222 e. The highest BCUT2D eigenvalue weighted by atomic mass is 35.5. The number of rotatable bonds is 7. The summed E-state index contributed by atoms with van der Waals surface area (Å²) >= 11 is 0. The second-order valence-corrected chi connectivity index (χ2v) is 6.14. The SMILES string of the molecule is CC(C)Oc1ccccc1CNCCN1CCCCCC1=O.Cl. The Kier molecular flexibility index (Phi) is 9.03. The number of carbonyl (C=O) groups excluding carboxylic acids is 1. The maximum atomic E-state index is 11.9. The average Bonchev–Trinajstić information content (AvgIpc) is 2.69. The minimum atomic E-state index is 0. The van der Waals surface area contributed by atoms with Crippen molar-refractivity contribution in [3.8, 4) is 5.75 Å². The molecule has 1 saturated heterocycles. The van der Waals surface area contributed by atoms with Gasteiger partial charge in [0.25, 0.3) is 0 Å². The van der Waals surface area contributed by atoms with Gasteiger partial charge >= 0.3 is 0 Å². The fraction of sp³-hybridized carbons (Fsp3) is 0.611. The first-order valence-corrected chi connectivity index (χ1v) is 8.40. The number of carbonyl (C=O) groups is 1. The molecule has 4 nitrogen and oxygen atoms in total. The summed E-state index contributed by atoms with van der Waals surface area (Å²) in [6.45, 7) is 7.37. The largest absolute Gasteiger partial charge is 0.491 e. The highest BCUT2D eigenvalue weighted by molar-refractivity contribution is 5.85. The van der Waals surface area contributed by atoms with Crippen LogP contribution in [0.1, 0.15) is 45.1 Å². The molecule has 0 bridgehead atoms. The normalized spacial score (nSPS) is 15.3. The number of hydrogen-bond acceptors (Lipinski definition) is 3. The third kappa shape index (κ3) is 6.80. The number of ether oxygens (including phenoxy) is 1. The zero-order chi connectivity index (χ0) is 15.8. The molecule has 1 heterocycles. The molecular weight excluding hydrogens is 312 g/mol. The standard InChI is InChI=1S/C18H28N2O2.ClH/c1-15(2)22-17-9-6-5-8-16(17)14-19-11-13-20-12-7-3-4-10-18(20)21;/h5-6,8-9,15,19H,3-4,7,10-14H2,1-2H3;1H. The van der Waals surface area contributed by atoms with E-state index in [-0.39, 0.29) is 18.5 Å². The third-order valence-electron chi connectivity index (χ3n) is 3.88. The van der Waals surface area contributed by atoms with Crippen LogP contribution in [0, 0.1) is 0 Å². The predicted molar refractivity (Wildman–Crippen MR) is 96.2 cm³/mol. The molecule has 0 spiro atoms. The van der Waals surface area contributed by atoms with Crippen molar-refractivity contribution in [1.82, 2.24) is 10.2 Å². The maximum absolute atomic E-state index is 11.9. The van der Waals surface area contributed by atoms with E-state index in [0.717, 1.165) is 44.8 Å². The minimum Gasteiger partial charge on any atom is -0.491 e. The minimum absolute atomic E-state index is 0. The lowest BCUT2D eigenvalue weighted by atomic mass is 10.2. The third-order valence-corrected chi connectivity index (χ3v) is 3.88. The van der Waals surface area contributed by atoms with Crippen molar-refractivity contribution in [2.45, 2.75) is 52.2 Å². The predicted octanol–water partition coefficient (Wildman–Crippen LogP) is 3.39. The van der Waals surface area contributed by atoms with E-state index < -0.39 is 0 Å². The van der Waals surface area contributed by atoms with Gasteiger partial charge in [-0.25, -0.2) is 0 Å². The van der Waals surface area contributed by atoms with Gasteiger partial charge in [-0.3, -0.25) is 4.79 Å². The van der Waals surface area contributed by atoms with Gasteiger partial charge in [0.2, 0.25) is 5.91 Å². The molecule has 1 aliphatic heterocycles. The van der Waals surface area contributed by atoms with E-state index in [1.165, 1.54) is 12.0 Å². The molecule has 0 radical (unpaired) electrons. The summed E-state index contributed by atoms with van der Waals surface area (Å²) in [5.74, 6) is 1.25.